The third-order valence-corrected chi connectivity index (χ3v) is 6.60. The lowest BCUT2D eigenvalue weighted by atomic mass is 9.86. The lowest BCUT2D eigenvalue weighted by molar-refractivity contribution is 0.102. The van der Waals surface area contributed by atoms with E-state index in [0.717, 1.165) is 47.0 Å². The second kappa shape index (κ2) is 8.94. The van der Waals surface area contributed by atoms with Crippen LogP contribution in [0.15, 0.2) is 64.1 Å². The molecule has 0 spiro atoms. The summed E-state index contributed by atoms with van der Waals surface area (Å²) >= 11 is 4.78. The number of carbonyl (C=O) groups is 1. The van der Waals surface area contributed by atoms with Crippen molar-refractivity contribution in [2.75, 3.05) is 5.75 Å². The quantitative estimate of drug-likeness (QED) is 0.332. The first kappa shape index (κ1) is 19.9. The summed E-state index contributed by atoms with van der Waals surface area (Å²) in [7, 11) is 0. The standard InChI is InChI=1S/C24H19BrN2OS/c25-18-10-6-9-17(13-18)22(28)15-29-24-21(14-26)19-11-4-5-12-20(19)23(27-24)16-7-2-1-3-8-16/h1-3,6-10,13H,4-5,11-12,15H2. The summed E-state index contributed by atoms with van der Waals surface area (Å²) < 4.78 is 0.879. The smallest absolute Gasteiger partial charge is 0.173 e. The van der Waals surface area contributed by atoms with Gasteiger partial charge in [0.1, 0.15) is 11.1 Å². The zero-order valence-electron chi connectivity index (χ0n) is 15.8. The lowest BCUT2D eigenvalue weighted by Crippen LogP contribution is -2.11. The molecule has 4 rings (SSSR count). The number of hydrogen-bond donors (Lipinski definition) is 0. The predicted molar refractivity (Wildman–Crippen MR) is 120 cm³/mol. The molecule has 0 saturated carbocycles. The van der Waals surface area contributed by atoms with Crippen molar-refractivity contribution in [1.29, 1.82) is 5.26 Å². The largest absolute Gasteiger partial charge is 0.293 e. The summed E-state index contributed by atoms with van der Waals surface area (Å²) in [4.78, 5) is 17.6. The number of nitrogens with zero attached hydrogens (tertiary/aromatic N) is 2. The molecule has 1 aliphatic rings. The van der Waals surface area contributed by atoms with Crippen LogP contribution < -0.4 is 0 Å². The van der Waals surface area contributed by atoms with Crippen LogP contribution in [0.5, 0.6) is 0 Å². The molecule has 0 N–H and O–H groups in total. The van der Waals surface area contributed by atoms with Crippen molar-refractivity contribution in [3.63, 3.8) is 0 Å². The summed E-state index contributed by atoms with van der Waals surface area (Å²) in [6, 6.07) is 19.9. The molecule has 3 nitrogen and oxygen atoms in total. The first-order valence-electron chi connectivity index (χ1n) is 9.60. The fourth-order valence-electron chi connectivity index (χ4n) is 3.73. The molecule has 0 saturated heterocycles. The van der Waals surface area contributed by atoms with Crippen LogP contribution in [0.1, 0.15) is 39.9 Å². The Morgan fingerprint density at radius 3 is 2.55 bits per heavy atom. The van der Waals surface area contributed by atoms with E-state index < -0.39 is 0 Å². The van der Waals surface area contributed by atoms with Gasteiger partial charge in [-0.1, -0.05) is 70.2 Å². The zero-order valence-corrected chi connectivity index (χ0v) is 18.2. The predicted octanol–water partition coefficient (Wildman–Crippen LogP) is 6.24. The van der Waals surface area contributed by atoms with Gasteiger partial charge in [0.25, 0.3) is 0 Å². The highest BCUT2D eigenvalue weighted by Gasteiger charge is 2.23. The highest BCUT2D eigenvalue weighted by atomic mass is 79.9. The van der Waals surface area contributed by atoms with Crippen LogP contribution in [0.25, 0.3) is 11.3 Å². The monoisotopic (exact) mass is 462 g/mol. The van der Waals surface area contributed by atoms with Crippen molar-refractivity contribution in [3.8, 4) is 17.3 Å². The molecule has 0 aliphatic heterocycles. The van der Waals surface area contributed by atoms with Gasteiger partial charge < -0.3 is 0 Å². The van der Waals surface area contributed by atoms with Crippen LogP contribution in [0.2, 0.25) is 0 Å². The number of hydrogen-bond acceptors (Lipinski definition) is 4. The van der Waals surface area contributed by atoms with E-state index in [0.29, 0.717) is 16.2 Å². The van der Waals surface area contributed by atoms with Crippen LogP contribution in [-0.2, 0) is 12.8 Å². The van der Waals surface area contributed by atoms with Gasteiger partial charge >= 0.3 is 0 Å². The van der Waals surface area contributed by atoms with E-state index in [1.54, 1.807) is 0 Å². The molecule has 0 fully saturated rings. The van der Waals surface area contributed by atoms with Crippen LogP contribution in [0.3, 0.4) is 0 Å². The van der Waals surface area contributed by atoms with Gasteiger partial charge in [0, 0.05) is 15.6 Å². The SMILES string of the molecule is N#Cc1c(SCC(=O)c2cccc(Br)c2)nc(-c2ccccc2)c2c1CCCC2. The highest BCUT2D eigenvalue weighted by Crippen LogP contribution is 2.36. The second-order valence-corrected chi connectivity index (χ2v) is 8.88. The Morgan fingerprint density at radius 1 is 1.07 bits per heavy atom. The molecule has 5 heteroatoms. The third-order valence-electron chi connectivity index (χ3n) is 5.13. The number of nitriles is 1. The number of rotatable bonds is 5. The number of pyridine rings is 1. The number of aromatic nitrogens is 1. The molecule has 0 unspecified atom stereocenters. The van der Waals surface area contributed by atoms with Crippen LogP contribution in [0, 0.1) is 11.3 Å². The van der Waals surface area contributed by atoms with Gasteiger partial charge in [-0.05, 0) is 48.9 Å². The maximum Gasteiger partial charge on any atom is 0.173 e. The number of halogens is 1. The zero-order chi connectivity index (χ0) is 20.2. The molecule has 1 heterocycles. The molecule has 2 aromatic carbocycles. The van der Waals surface area contributed by atoms with Crippen molar-refractivity contribution in [2.45, 2.75) is 30.7 Å². The number of carbonyl (C=O) groups excluding carboxylic acids is 1. The van der Waals surface area contributed by atoms with Crippen molar-refractivity contribution < 1.29 is 4.79 Å². The minimum Gasteiger partial charge on any atom is -0.293 e. The number of thioether (sulfide) groups is 1. The molecule has 144 valence electrons. The van der Waals surface area contributed by atoms with Gasteiger partial charge in [0.15, 0.2) is 5.78 Å². The fourth-order valence-corrected chi connectivity index (χ4v) is 5.03. The Kier molecular flexibility index (Phi) is 6.13. The fraction of sp³-hybridized carbons (Fsp3) is 0.208. The minimum absolute atomic E-state index is 0.0287. The van der Waals surface area contributed by atoms with Gasteiger partial charge in [-0.3, -0.25) is 4.79 Å². The van der Waals surface area contributed by atoms with Gasteiger partial charge in [-0.15, -0.1) is 0 Å². The first-order valence-corrected chi connectivity index (χ1v) is 11.4. The van der Waals surface area contributed by atoms with Gasteiger partial charge in [-0.25, -0.2) is 4.98 Å². The molecule has 0 atom stereocenters. The van der Waals surface area contributed by atoms with Gasteiger partial charge in [0.05, 0.1) is 17.0 Å². The van der Waals surface area contributed by atoms with Crippen molar-refractivity contribution in [2.24, 2.45) is 0 Å². The number of Topliss-reactive ketones (excluding diaryl/α,β-unsaturated/α-hetero) is 1. The molecule has 0 bridgehead atoms. The van der Waals surface area contributed by atoms with Crippen molar-refractivity contribution >= 4 is 33.5 Å². The lowest BCUT2D eigenvalue weighted by Gasteiger charge is -2.22. The Morgan fingerprint density at radius 2 is 1.83 bits per heavy atom. The molecule has 1 aromatic heterocycles. The molecule has 1 aliphatic carbocycles. The van der Waals surface area contributed by atoms with E-state index in [4.69, 9.17) is 4.98 Å². The van der Waals surface area contributed by atoms with E-state index in [2.05, 4.69) is 34.1 Å². The normalized spacial score (nSPS) is 12.8. The summed E-state index contributed by atoms with van der Waals surface area (Å²) in [5.41, 5.74) is 5.64. The number of benzene rings is 2. The summed E-state index contributed by atoms with van der Waals surface area (Å²) in [5.74, 6) is 0.284. The van der Waals surface area contributed by atoms with Crippen LogP contribution in [0.4, 0.5) is 0 Å². The Labute approximate surface area is 183 Å². The average Bonchev–Trinajstić information content (AvgIpc) is 2.77. The topological polar surface area (TPSA) is 53.8 Å². The molecule has 0 radical (unpaired) electrons. The number of ketones is 1. The Hall–Kier alpha value is -2.42. The molecular formula is C24H19BrN2OS. The molecule has 3 aromatic rings. The number of fused-ring (bicyclic) bond motifs is 1. The Bertz CT molecular complexity index is 1110. The average molecular weight is 463 g/mol. The van der Waals surface area contributed by atoms with Crippen LogP contribution in [-0.4, -0.2) is 16.5 Å². The molecule has 29 heavy (non-hydrogen) atoms. The van der Waals surface area contributed by atoms with Gasteiger partial charge in [0.2, 0.25) is 0 Å². The van der Waals surface area contributed by atoms with E-state index in [-0.39, 0.29) is 11.5 Å². The van der Waals surface area contributed by atoms with E-state index in [9.17, 15) is 10.1 Å². The summed E-state index contributed by atoms with van der Waals surface area (Å²) in [6.07, 6.45) is 4.05. The second-order valence-electron chi connectivity index (χ2n) is 7.00. The maximum absolute atomic E-state index is 12.7. The highest BCUT2D eigenvalue weighted by molar-refractivity contribution is 9.10. The first-order chi connectivity index (χ1) is 14.2. The Balaban J connectivity index is 1.71. The van der Waals surface area contributed by atoms with Crippen molar-refractivity contribution in [1.82, 2.24) is 4.98 Å². The third kappa shape index (κ3) is 4.29. The van der Waals surface area contributed by atoms with E-state index >= 15 is 0 Å². The maximum atomic E-state index is 12.7. The molecular weight excluding hydrogens is 444 g/mol. The van der Waals surface area contributed by atoms with E-state index in [1.165, 1.54) is 17.3 Å². The molecule has 0 amide bonds. The summed E-state index contributed by atoms with van der Waals surface area (Å²) in [5, 5.41) is 10.5. The van der Waals surface area contributed by atoms with Crippen molar-refractivity contribution in [3.05, 3.63) is 81.3 Å². The minimum atomic E-state index is 0.0287. The van der Waals surface area contributed by atoms with E-state index in [1.807, 2.05) is 42.5 Å². The van der Waals surface area contributed by atoms with Gasteiger partial charge in [-0.2, -0.15) is 5.26 Å². The van der Waals surface area contributed by atoms with Crippen LogP contribution >= 0.6 is 27.7 Å². The summed E-state index contributed by atoms with van der Waals surface area (Å²) in [6.45, 7) is 0.